The lowest BCUT2D eigenvalue weighted by Gasteiger charge is -2.06. The largest absolute Gasteiger partial charge is 0.506 e. The lowest BCUT2D eigenvalue weighted by molar-refractivity contribution is -0.121. The summed E-state index contributed by atoms with van der Waals surface area (Å²) in [6, 6.07) is 9.41. The molecule has 0 heterocycles. The summed E-state index contributed by atoms with van der Waals surface area (Å²) in [5.74, 6) is -0.480. The summed E-state index contributed by atoms with van der Waals surface area (Å²) in [4.78, 5) is 11.8. The second-order valence-corrected chi connectivity index (χ2v) is 6.83. The minimum absolute atomic E-state index is 0.105. The summed E-state index contributed by atoms with van der Waals surface area (Å²) in [7, 11) is 0. The number of nitrogens with zero attached hydrogens (tertiary/aromatic N) is 1. The second kappa shape index (κ2) is 8.30. The van der Waals surface area contributed by atoms with Crippen molar-refractivity contribution in [3.63, 3.8) is 0 Å². The van der Waals surface area contributed by atoms with Crippen molar-refractivity contribution in [1.82, 2.24) is 5.43 Å². The summed E-state index contributed by atoms with van der Waals surface area (Å²) in [5.41, 5.74) is 5.06. The molecule has 0 fully saturated rings. The molecular formula is C17H16Br2N2O3. The van der Waals surface area contributed by atoms with Crippen LogP contribution in [0.2, 0.25) is 0 Å². The van der Waals surface area contributed by atoms with E-state index in [-0.39, 0.29) is 21.9 Å². The molecule has 0 saturated carbocycles. The Balaban J connectivity index is 1.95. The molecule has 0 bridgehead atoms. The van der Waals surface area contributed by atoms with Gasteiger partial charge in [0.05, 0.1) is 10.7 Å². The SMILES string of the molecule is Cc1ccccc1CCC(=O)N/N=C/c1cc(Br)c(O)c(Br)c1O. The van der Waals surface area contributed by atoms with E-state index in [0.717, 1.165) is 11.1 Å². The van der Waals surface area contributed by atoms with Crippen LogP contribution in [0.15, 0.2) is 44.4 Å². The molecule has 2 aromatic rings. The summed E-state index contributed by atoms with van der Waals surface area (Å²) in [6.07, 6.45) is 2.27. The van der Waals surface area contributed by atoms with Gasteiger partial charge in [0.1, 0.15) is 16.0 Å². The van der Waals surface area contributed by atoms with E-state index < -0.39 is 0 Å². The van der Waals surface area contributed by atoms with Gasteiger partial charge < -0.3 is 10.2 Å². The van der Waals surface area contributed by atoms with Gasteiger partial charge in [0, 0.05) is 12.0 Å². The number of hydrogen-bond donors (Lipinski definition) is 3. The van der Waals surface area contributed by atoms with Crippen molar-refractivity contribution in [2.24, 2.45) is 5.10 Å². The lowest BCUT2D eigenvalue weighted by atomic mass is 10.0. The minimum Gasteiger partial charge on any atom is -0.506 e. The number of phenolic OH excluding ortho intramolecular Hbond substituents is 2. The monoisotopic (exact) mass is 454 g/mol. The zero-order valence-corrected chi connectivity index (χ0v) is 16.1. The van der Waals surface area contributed by atoms with Gasteiger partial charge in [-0.05, 0) is 62.4 Å². The van der Waals surface area contributed by atoms with Gasteiger partial charge in [-0.2, -0.15) is 5.10 Å². The molecule has 0 unspecified atom stereocenters. The smallest absolute Gasteiger partial charge is 0.240 e. The highest BCUT2D eigenvalue weighted by Gasteiger charge is 2.12. The van der Waals surface area contributed by atoms with Crippen LogP contribution in [0.25, 0.3) is 0 Å². The Labute approximate surface area is 156 Å². The van der Waals surface area contributed by atoms with Crippen LogP contribution in [0, 0.1) is 6.92 Å². The molecule has 2 rings (SSSR count). The van der Waals surface area contributed by atoms with Gasteiger partial charge >= 0.3 is 0 Å². The second-order valence-electron chi connectivity index (χ2n) is 5.18. The van der Waals surface area contributed by atoms with Crippen molar-refractivity contribution >= 4 is 44.0 Å². The van der Waals surface area contributed by atoms with Crippen LogP contribution in [-0.2, 0) is 11.2 Å². The van der Waals surface area contributed by atoms with E-state index in [1.807, 2.05) is 31.2 Å². The molecular weight excluding hydrogens is 440 g/mol. The number of rotatable bonds is 5. The van der Waals surface area contributed by atoms with E-state index in [0.29, 0.717) is 22.9 Å². The van der Waals surface area contributed by atoms with Crippen molar-refractivity contribution in [3.8, 4) is 11.5 Å². The predicted octanol–water partition coefficient (Wildman–Crippen LogP) is 4.01. The Morgan fingerprint density at radius 1 is 1.25 bits per heavy atom. The molecule has 5 nitrogen and oxygen atoms in total. The highest BCUT2D eigenvalue weighted by molar-refractivity contribution is 9.11. The van der Waals surface area contributed by atoms with Crippen molar-refractivity contribution in [3.05, 3.63) is 56.0 Å². The molecule has 2 aromatic carbocycles. The molecule has 24 heavy (non-hydrogen) atoms. The highest BCUT2D eigenvalue weighted by Crippen LogP contribution is 2.40. The van der Waals surface area contributed by atoms with Crippen molar-refractivity contribution in [2.45, 2.75) is 19.8 Å². The van der Waals surface area contributed by atoms with Crippen LogP contribution in [-0.4, -0.2) is 22.3 Å². The van der Waals surface area contributed by atoms with E-state index in [1.165, 1.54) is 12.3 Å². The molecule has 3 N–H and O–H groups in total. The summed E-state index contributed by atoms with van der Waals surface area (Å²) in [6.45, 7) is 2.01. The van der Waals surface area contributed by atoms with Gasteiger partial charge in [0.2, 0.25) is 5.91 Å². The third-order valence-corrected chi connectivity index (χ3v) is 4.83. The topological polar surface area (TPSA) is 81.9 Å². The number of aryl methyl sites for hydroxylation is 2. The highest BCUT2D eigenvalue weighted by atomic mass is 79.9. The number of carbonyl (C=O) groups is 1. The van der Waals surface area contributed by atoms with Crippen LogP contribution < -0.4 is 5.43 Å². The number of hydrogen-bond acceptors (Lipinski definition) is 4. The number of amides is 1. The Bertz CT molecular complexity index is 792. The zero-order valence-electron chi connectivity index (χ0n) is 12.9. The van der Waals surface area contributed by atoms with E-state index >= 15 is 0 Å². The minimum atomic E-state index is -0.217. The first-order valence-corrected chi connectivity index (χ1v) is 8.75. The Kier molecular flexibility index (Phi) is 6.39. The third kappa shape index (κ3) is 4.58. The number of hydrazone groups is 1. The average molecular weight is 456 g/mol. The first-order chi connectivity index (χ1) is 11.4. The van der Waals surface area contributed by atoms with Gasteiger partial charge in [-0.25, -0.2) is 5.43 Å². The molecule has 0 aliphatic rings. The van der Waals surface area contributed by atoms with Crippen LogP contribution >= 0.6 is 31.9 Å². The predicted molar refractivity (Wildman–Crippen MR) is 100 cm³/mol. The number of halogens is 2. The van der Waals surface area contributed by atoms with Gasteiger partial charge in [-0.3, -0.25) is 4.79 Å². The fourth-order valence-corrected chi connectivity index (χ4v) is 3.24. The van der Waals surface area contributed by atoms with Gasteiger partial charge in [0.25, 0.3) is 0 Å². The van der Waals surface area contributed by atoms with Gasteiger partial charge in [-0.1, -0.05) is 24.3 Å². The molecule has 0 aromatic heterocycles. The van der Waals surface area contributed by atoms with Crippen LogP contribution in [0.4, 0.5) is 0 Å². The number of phenols is 2. The Morgan fingerprint density at radius 2 is 1.96 bits per heavy atom. The molecule has 0 atom stereocenters. The quantitative estimate of drug-likeness (QED) is 0.470. The fourth-order valence-electron chi connectivity index (χ4n) is 2.08. The Morgan fingerprint density at radius 3 is 2.67 bits per heavy atom. The molecule has 0 aliphatic heterocycles. The molecule has 0 saturated heterocycles. The van der Waals surface area contributed by atoms with E-state index in [1.54, 1.807) is 0 Å². The lowest BCUT2D eigenvalue weighted by Crippen LogP contribution is -2.18. The van der Waals surface area contributed by atoms with E-state index in [9.17, 15) is 15.0 Å². The van der Waals surface area contributed by atoms with E-state index in [4.69, 9.17) is 0 Å². The maximum atomic E-state index is 11.8. The third-order valence-electron chi connectivity index (χ3n) is 3.47. The molecule has 0 radical (unpaired) electrons. The first-order valence-electron chi connectivity index (χ1n) is 7.16. The summed E-state index contributed by atoms with van der Waals surface area (Å²) < 4.78 is 0.559. The summed E-state index contributed by atoms with van der Waals surface area (Å²) in [5, 5.41) is 23.4. The maximum absolute atomic E-state index is 11.8. The number of aromatic hydroxyl groups is 2. The Hall–Kier alpha value is -1.86. The summed E-state index contributed by atoms with van der Waals surface area (Å²) >= 11 is 6.25. The molecule has 126 valence electrons. The van der Waals surface area contributed by atoms with Crippen LogP contribution in [0.1, 0.15) is 23.1 Å². The number of benzene rings is 2. The zero-order chi connectivity index (χ0) is 17.7. The van der Waals surface area contributed by atoms with Crippen molar-refractivity contribution in [2.75, 3.05) is 0 Å². The fraction of sp³-hybridized carbons (Fsp3) is 0.176. The number of nitrogens with one attached hydrogen (secondary N) is 1. The normalized spacial score (nSPS) is 11.0. The maximum Gasteiger partial charge on any atom is 0.240 e. The number of carbonyl (C=O) groups excluding carboxylic acids is 1. The molecule has 0 aliphatic carbocycles. The van der Waals surface area contributed by atoms with Crippen molar-refractivity contribution in [1.29, 1.82) is 0 Å². The average Bonchev–Trinajstić information content (AvgIpc) is 2.56. The van der Waals surface area contributed by atoms with E-state index in [2.05, 4.69) is 42.4 Å². The van der Waals surface area contributed by atoms with Crippen molar-refractivity contribution < 1.29 is 15.0 Å². The van der Waals surface area contributed by atoms with Gasteiger partial charge in [-0.15, -0.1) is 0 Å². The van der Waals surface area contributed by atoms with Crippen LogP contribution in [0.5, 0.6) is 11.5 Å². The molecule has 1 amide bonds. The molecule has 7 heteroatoms. The first kappa shape index (κ1) is 18.5. The van der Waals surface area contributed by atoms with Gasteiger partial charge in [0.15, 0.2) is 0 Å². The standard InChI is InChI=1S/C17H16Br2N2O3/c1-10-4-2-3-5-11(10)6-7-14(22)21-20-9-12-8-13(18)17(24)15(19)16(12)23/h2-5,8-9,23-24H,6-7H2,1H3,(H,21,22)/b20-9+. The van der Waals surface area contributed by atoms with Crippen LogP contribution in [0.3, 0.4) is 0 Å². The molecule has 0 spiro atoms.